The van der Waals surface area contributed by atoms with Crippen LogP contribution in [-0.4, -0.2) is 40.3 Å². The highest BCUT2D eigenvalue weighted by molar-refractivity contribution is 5.97. The zero-order valence-corrected chi connectivity index (χ0v) is 13.0. The molecule has 2 aliphatic rings. The highest BCUT2D eigenvalue weighted by Crippen LogP contribution is 2.43. The first-order valence-electron chi connectivity index (χ1n) is 7.89. The molecule has 0 radical (unpaired) electrons. The number of carbonyl (C=O) groups is 2. The molecule has 0 bridgehead atoms. The Balaban J connectivity index is 1.96. The number of nitrogens with zero attached hydrogens (tertiary/aromatic N) is 1. The van der Waals surface area contributed by atoms with Gasteiger partial charge in [0, 0.05) is 5.56 Å². The highest BCUT2D eigenvalue weighted by Gasteiger charge is 2.53. The van der Waals surface area contributed by atoms with Gasteiger partial charge in [-0.05, 0) is 49.8 Å². The molecule has 1 spiro atoms. The van der Waals surface area contributed by atoms with Crippen LogP contribution in [0.25, 0.3) is 0 Å². The summed E-state index contributed by atoms with van der Waals surface area (Å²) in [5, 5.41) is 9.45. The van der Waals surface area contributed by atoms with Gasteiger partial charge in [0.1, 0.15) is 11.5 Å². The third-order valence-electron chi connectivity index (χ3n) is 4.89. The summed E-state index contributed by atoms with van der Waals surface area (Å²) >= 11 is 0. The Morgan fingerprint density at radius 2 is 2.04 bits per heavy atom. The summed E-state index contributed by atoms with van der Waals surface area (Å²) in [6.07, 6.45) is 2.97. The summed E-state index contributed by atoms with van der Waals surface area (Å²) in [5.74, 6) is -1.57. The van der Waals surface area contributed by atoms with Gasteiger partial charge in [-0.15, -0.1) is 0 Å². The second kappa shape index (κ2) is 5.92. The molecule has 1 aliphatic heterocycles. The quantitative estimate of drug-likeness (QED) is 0.909. The summed E-state index contributed by atoms with van der Waals surface area (Å²) in [5.41, 5.74) is -0.723. The van der Waals surface area contributed by atoms with Crippen molar-refractivity contribution >= 4 is 11.9 Å². The topological polar surface area (TPSA) is 66.8 Å². The van der Waals surface area contributed by atoms with E-state index in [1.807, 2.05) is 0 Å². The molecule has 0 aromatic heterocycles. The Bertz CT molecular complexity index is 625. The number of carboxylic acid groups (broad SMARTS) is 1. The lowest BCUT2D eigenvalue weighted by atomic mass is 9.83. The van der Waals surface area contributed by atoms with E-state index in [1.54, 1.807) is 0 Å². The molecule has 1 saturated carbocycles. The number of carbonyl (C=O) groups excluding carboxylic acids is 1. The Morgan fingerprint density at radius 3 is 2.65 bits per heavy atom. The molecule has 1 amide bonds. The fraction of sp³-hybridized carbons (Fsp3) is 0.529. The zero-order valence-electron chi connectivity index (χ0n) is 13.0. The minimum absolute atomic E-state index is 0.0230. The van der Waals surface area contributed by atoms with E-state index in [2.05, 4.69) is 6.92 Å². The minimum atomic E-state index is -1.09. The molecule has 3 rings (SSSR count). The second-order valence-corrected chi connectivity index (χ2v) is 6.48. The number of rotatable bonds is 2. The third kappa shape index (κ3) is 2.83. The fourth-order valence-corrected chi connectivity index (χ4v) is 3.53. The van der Waals surface area contributed by atoms with Crippen LogP contribution >= 0.6 is 0 Å². The van der Waals surface area contributed by atoms with Gasteiger partial charge >= 0.3 is 5.97 Å². The molecule has 23 heavy (non-hydrogen) atoms. The first kappa shape index (κ1) is 15.9. The Hall–Kier alpha value is -1.95. The van der Waals surface area contributed by atoms with E-state index in [0.29, 0.717) is 18.8 Å². The summed E-state index contributed by atoms with van der Waals surface area (Å²) < 4.78 is 19.3. The minimum Gasteiger partial charge on any atom is -0.480 e. The number of benzene rings is 1. The van der Waals surface area contributed by atoms with Gasteiger partial charge in [-0.2, -0.15) is 0 Å². The van der Waals surface area contributed by atoms with Crippen LogP contribution < -0.4 is 0 Å². The molecule has 6 heteroatoms. The summed E-state index contributed by atoms with van der Waals surface area (Å²) in [6, 6.07) is 4.31. The van der Waals surface area contributed by atoms with Crippen LogP contribution in [0.4, 0.5) is 4.39 Å². The van der Waals surface area contributed by atoms with Crippen molar-refractivity contribution in [2.75, 3.05) is 6.61 Å². The molecule has 1 heterocycles. The monoisotopic (exact) mass is 321 g/mol. The van der Waals surface area contributed by atoms with E-state index in [-0.39, 0.29) is 12.2 Å². The van der Waals surface area contributed by atoms with Gasteiger partial charge in [0.25, 0.3) is 5.91 Å². The molecular formula is C17H20FNO4. The first-order chi connectivity index (χ1) is 10.9. The van der Waals surface area contributed by atoms with Crippen molar-refractivity contribution in [3.63, 3.8) is 0 Å². The van der Waals surface area contributed by atoms with Crippen molar-refractivity contribution in [1.29, 1.82) is 0 Å². The Labute approximate surface area is 134 Å². The van der Waals surface area contributed by atoms with Gasteiger partial charge in [-0.25, -0.2) is 9.18 Å². The average molecular weight is 321 g/mol. The van der Waals surface area contributed by atoms with Crippen LogP contribution in [0.2, 0.25) is 0 Å². The van der Waals surface area contributed by atoms with Crippen molar-refractivity contribution in [2.24, 2.45) is 5.92 Å². The molecule has 1 aromatic carbocycles. The second-order valence-electron chi connectivity index (χ2n) is 6.48. The first-order valence-corrected chi connectivity index (χ1v) is 7.89. The molecule has 2 fully saturated rings. The number of hydrogen-bond acceptors (Lipinski definition) is 3. The predicted octanol–water partition coefficient (Wildman–Crippen LogP) is 2.66. The molecular weight excluding hydrogens is 301 g/mol. The van der Waals surface area contributed by atoms with E-state index in [0.717, 1.165) is 18.9 Å². The maximum absolute atomic E-state index is 13.4. The largest absolute Gasteiger partial charge is 0.480 e. The van der Waals surface area contributed by atoms with Crippen LogP contribution in [0, 0.1) is 11.7 Å². The lowest BCUT2D eigenvalue weighted by molar-refractivity contribution is -0.143. The van der Waals surface area contributed by atoms with Gasteiger partial charge in [0.05, 0.1) is 6.61 Å². The molecule has 5 nitrogen and oxygen atoms in total. The summed E-state index contributed by atoms with van der Waals surface area (Å²) in [6.45, 7) is 2.11. The Kier molecular flexibility index (Phi) is 4.10. The van der Waals surface area contributed by atoms with Gasteiger partial charge in [0.15, 0.2) is 6.04 Å². The molecule has 124 valence electrons. The van der Waals surface area contributed by atoms with Crippen molar-refractivity contribution in [3.05, 3.63) is 35.6 Å². The zero-order chi connectivity index (χ0) is 16.6. The number of halogens is 1. The number of aliphatic carboxylic acids is 1. The van der Waals surface area contributed by atoms with E-state index in [4.69, 9.17) is 4.74 Å². The molecule has 1 N–H and O–H groups in total. The molecule has 1 aromatic rings. The molecule has 0 unspecified atom stereocenters. The van der Waals surface area contributed by atoms with Gasteiger partial charge < -0.3 is 9.84 Å². The van der Waals surface area contributed by atoms with Gasteiger partial charge in [0.2, 0.25) is 0 Å². The smallest absolute Gasteiger partial charge is 0.328 e. The van der Waals surface area contributed by atoms with Gasteiger partial charge in [-0.1, -0.05) is 13.0 Å². The number of carboxylic acids is 1. The maximum Gasteiger partial charge on any atom is 0.328 e. The molecule has 1 saturated heterocycles. The lowest BCUT2D eigenvalue weighted by Crippen LogP contribution is -2.55. The van der Waals surface area contributed by atoms with Gasteiger partial charge in [-0.3, -0.25) is 9.69 Å². The predicted molar refractivity (Wildman–Crippen MR) is 80.3 cm³/mol. The standard InChI is InChI=1S/C17H20FNO4/c1-11-5-7-17(8-6-11)19(14(10-23-17)16(21)22)15(20)12-3-2-4-13(18)9-12/h2-4,9,11,14H,5-8,10H2,1H3,(H,21,22)/t11?,14-,17?/m0/s1. The van der Waals surface area contributed by atoms with Crippen LogP contribution in [-0.2, 0) is 9.53 Å². The van der Waals surface area contributed by atoms with E-state index >= 15 is 0 Å². The van der Waals surface area contributed by atoms with Crippen molar-refractivity contribution in [1.82, 2.24) is 4.90 Å². The number of amides is 1. The lowest BCUT2D eigenvalue weighted by Gasteiger charge is -2.42. The number of hydrogen-bond donors (Lipinski definition) is 1. The normalized spacial score (nSPS) is 30.6. The SMILES string of the molecule is CC1CCC2(CC1)OC[C@@H](C(=O)O)N2C(=O)c1cccc(F)c1. The van der Waals surface area contributed by atoms with Crippen molar-refractivity contribution in [2.45, 2.75) is 44.4 Å². The van der Waals surface area contributed by atoms with E-state index in [9.17, 15) is 19.1 Å². The Morgan fingerprint density at radius 1 is 1.35 bits per heavy atom. The van der Waals surface area contributed by atoms with E-state index < -0.39 is 29.5 Å². The van der Waals surface area contributed by atoms with Crippen LogP contribution in [0.5, 0.6) is 0 Å². The maximum atomic E-state index is 13.4. The molecule has 1 aliphatic carbocycles. The molecule has 1 atom stereocenters. The van der Waals surface area contributed by atoms with Crippen LogP contribution in [0.15, 0.2) is 24.3 Å². The summed E-state index contributed by atoms with van der Waals surface area (Å²) in [4.78, 5) is 25.8. The van der Waals surface area contributed by atoms with Crippen LogP contribution in [0.3, 0.4) is 0 Å². The van der Waals surface area contributed by atoms with Crippen LogP contribution in [0.1, 0.15) is 43.0 Å². The third-order valence-corrected chi connectivity index (χ3v) is 4.89. The number of ether oxygens (including phenoxy) is 1. The van der Waals surface area contributed by atoms with Crippen molar-refractivity contribution in [3.8, 4) is 0 Å². The fourth-order valence-electron chi connectivity index (χ4n) is 3.53. The average Bonchev–Trinajstić information content (AvgIpc) is 2.89. The summed E-state index contributed by atoms with van der Waals surface area (Å²) in [7, 11) is 0. The van der Waals surface area contributed by atoms with Crippen molar-refractivity contribution < 1.29 is 23.8 Å². The highest BCUT2D eigenvalue weighted by atomic mass is 19.1. The van der Waals surface area contributed by atoms with E-state index in [1.165, 1.54) is 23.1 Å².